The molecule has 0 bridgehead atoms. The first kappa shape index (κ1) is 50.0. The molecule has 2 aromatic carbocycles. The summed E-state index contributed by atoms with van der Waals surface area (Å²) in [7, 11) is 3.34. The van der Waals surface area contributed by atoms with E-state index in [2.05, 4.69) is 64.2 Å². The van der Waals surface area contributed by atoms with Gasteiger partial charge in [0.05, 0.1) is 49.5 Å². The fourth-order valence-corrected chi connectivity index (χ4v) is 9.16. The van der Waals surface area contributed by atoms with Crippen LogP contribution in [0.3, 0.4) is 0 Å². The van der Waals surface area contributed by atoms with Crippen molar-refractivity contribution in [3.8, 4) is 11.8 Å². The van der Waals surface area contributed by atoms with Crippen LogP contribution in [0.25, 0.3) is 0 Å². The van der Waals surface area contributed by atoms with Crippen LogP contribution in [0, 0.1) is 11.8 Å². The minimum Gasteiger partial charge on any atom is -0.363 e. The highest BCUT2D eigenvalue weighted by Gasteiger charge is 2.40. The number of nitrogens with zero attached hydrogens (tertiary/aromatic N) is 10. The summed E-state index contributed by atoms with van der Waals surface area (Å²) in [6.45, 7) is 8.54. The number of carbonyl (C=O) groups is 4. The molecule has 6 unspecified atom stereocenters. The molecule has 2 aliphatic heterocycles. The van der Waals surface area contributed by atoms with Gasteiger partial charge in [0.2, 0.25) is 33.9 Å². The molecule has 66 heavy (non-hydrogen) atoms. The predicted octanol–water partition coefficient (Wildman–Crippen LogP) is 1.64. The Morgan fingerprint density at radius 2 is 1.05 bits per heavy atom. The summed E-state index contributed by atoms with van der Waals surface area (Å²) in [4.78, 5) is 60.5. The van der Waals surface area contributed by atoms with E-state index >= 15 is 0 Å². The molecule has 0 spiro atoms. The maximum absolute atomic E-state index is 14.3. The summed E-state index contributed by atoms with van der Waals surface area (Å²) >= 11 is 2.89. The SMILES string of the molecule is CN[C@@H](C)C(=O)NC(C(=O)N1CCCC1Cn1nnnc1Sc1ccccc1)C(C)OCC#CCOC(C)C(NC(=O)[C@H](C)NC)C(=O)N1CCCC1Cn1nnnc1Sc1ccccc1. The van der Waals surface area contributed by atoms with Gasteiger partial charge in [-0.2, -0.15) is 0 Å². The van der Waals surface area contributed by atoms with Crippen LogP contribution in [0.2, 0.25) is 0 Å². The van der Waals surface area contributed by atoms with E-state index in [0.29, 0.717) is 36.5 Å². The van der Waals surface area contributed by atoms with Gasteiger partial charge >= 0.3 is 0 Å². The number of nitrogens with one attached hydrogen (secondary N) is 4. The van der Waals surface area contributed by atoms with Crippen LogP contribution in [-0.2, 0) is 41.7 Å². The highest BCUT2D eigenvalue weighted by molar-refractivity contribution is 7.99. The van der Waals surface area contributed by atoms with E-state index in [1.54, 1.807) is 61.0 Å². The number of carbonyl (C=O) groups excluding carboxylic acids is 4. The Morgan fingerprint density at radius 1 is 0.652 bits per heavy atom. The van der Waals surface area contributed by atoms with Gasteiger partial charge in [0, 0.05) is 22.9 Å². The number of ether oxygens (including phenoxy) is 2. The number of rotatable bonds is 22. The molecule has 6 rings (SSSR count). The number of benzene rings is 2. The first-order valence-corrected chi connectivity index (χ1v) is 23.8. The maximum Gasteiger partial charge on any atom is 0.248 e. The minimum absolute atomic E-state index is 0.0653. The topological polar surface area (TPSA) is 229 Å². The second-order valence-electron chi connectivity index (χ2n) is 16.2. The van der Waals surface area contributed by atoms with Crippen molar-refractivity contribution in [1.29, 1.82) is 0 Å². The molecule has 4 N–H and O–H groups in total. The van der Waals surface area contributed by atoms with Crippen LogP contribution in [0.1, 0.15) is 53.4 Å². The molecular weight excluding hydrogens is 885 g/mol. The van der Waals surface area contributed by atoms with Crippen molar-refractivity contribution in [3.63, 3.8) is 0 Å². The van der Waals surface area contributed by atoms with Crippen LogP contribution in [0.4, 0.5) is 0 Å². The summed E-state index contributed by atoms with van der Waals surface area (Å²) in [6, 6.07) is 16.1. The lowest BCUT2D eigenvalue weighted by Gasteiger charge is -2.32. The summed E-state index contributed by atoms with van der Waals surface area (Å²) < 4.78 is 15.6. The zero-order valence-corrected chi connectivity index (χ0v) is 39.8. The highest BCUT2D eigenvalue weighted by Crippen LogP contribution is 2.29. The van der Waals surface area contributed by atoms with Gasteiger partial charge in [-0.1, -0.05) is 48.2 Å². The minimum atomic E-state index is -1.00. The second-order valence-corrected chi connectivity index (χ2v) is 18.2. The normalized spacial score (nSPS) is 18.7. The third-order valence-corrected chi connectivity index (χ3v) is 13.6. The van der Waals surface area contributed by atoms with Crippen LogP contribution < -0.4 is 21.3 Å². The molecule has 354 valence electrons. The molecule has 2 aliphatic rings. The molecule has 0 aliphatic carbocycles. The van der Waals surface area contributed by atoms with Gasteiger partial charge in [0.15, 0.2) is 0 Å². The Hall–Kier alpha value is -5.44. The Labute approximate surface area is 393 Å². The first-order chi connectivity index (χ1) is 32.0. The average Bonchev–Trinajstić information content (AvgIpc) is 4.18. The van der Waals surface area contributed by atoms with E-state index in [1.165, 1.54) is 23.5 Å². The molecule has 8 atom stereocenters. The lowest BCUT2D eigenvalue weighted by atomic mass is 10.1. The largest absolute Gasteiger partial charge is 0.363 e. The van der Waals surface area contributed by atoms with Gasteiger partial charge in [0.25, 0.3) is 0 Å². The number of likely N-dealkylation sites (N-methyl/N-ethyl adjacent to an activating group) is 2. The zero-order valence-electron chi connectivity index (χ0n) is 38.2. The molecule has 2 fully saturated rings. The Balaban J connectivity index is 1.06. The second kappa shape index (κ2) is 24.9. The fraction of sp³-hybridized carbons (Fsp3) is 0.545. The third kappa shape index (κ3) is 13.6. The van der Waals surface area contributed by atoms with E-state index in [-0.39, 0.29) is 48.9 Å². The molecule has 2 saturated heterocycles. The Kier molecular flexibility index (Phi) is 18.9. The van der Waals surface area contributed by atoms with E-state index in [4.69, 9.17) is 9.47 Å². The number of hydrogen-bond acceptors (Lipinski definition) is 16. The lowest BCUT2D eigenvalue weighted by molar-refractivity contribution is -0.142. The third-order valence-electron chi connectivity index (χ3n) is 11.7. The molecule has 4 aromatic rings. The van der Waals surface area contributed by atoms with Crippen molar-refractivity contribution >= 4 is 47.2 Å². The van der Waals surface area contributed by atoms with Gasteiger partial charge in [-0.25, -0.2) is 9.36 Å². The summed E-state index contributed by atoms with van der Waals surface area (Å²) in [6.07, 6.45) is 1.55. The lowest BCUT2D eigenvalue weighted by Crippen LogP contribution is -2.58. The van der Waals surface area contributed by atoms with Crippen LogP contribution in [-0.4, -0.2) is 163 Å². The Morgan fingerprint density at radius 3 is 1.42 bits per heavy atom. The van der Waals surface area contributed by atoms with Crippen LogP contribution in [0.5, 0.6) is 0 Å². The van der Waals surface area contributed by atoms with Gasteiger partial charge in [0.1, 0.15) is 25.3 Å². The fourth-order valence-electron chi connectivity index (χ4n) is 7.56. The molecule has 4 amide bonds. The molecular formula is C44H60N14O6S2. The van der Waals surface area contributed by atoms with Crippen molar-refractivity contribution in [2.24, 2.45) is 0 Å². The number of aromatic nitrogens is 8. The number of hydrogen-bond donors (Lipinski definition) is 4. The van der Waals surface area contributed by atoms with Gasteiger partial charge < -0.3 is 40.5 Å². The van der Waals surface area contributed by atoms with Gasteiger partial charge in [-0.05, 0) is 136 Å². The highest BCUT2D eigenvalue weighted by atomic mass is 32.2. The number of likely N-dealkylation sites (tertiary alicyclic amines) is 2. The van der Waals surface area contributed by atoms with Crippen molar-refractivity contribution in [2.75, 3.05) is 40.4 Å². The average molecular weight is 945 g/mol. The van der Waals surface area contributed by atoms with E-state index in [0.717, 1.165) is 35.5 Å². The molecule has 0 radical (unpaired) electrons. The predicted molar refractivity (Wildman–Crippen MR) is 246 cm³/mol. The molecule has 0 saturated carbocycles. The van der Waals surface area contributed by atoms with E-state index in [9.17, 15) is 19.2 Å². The standard InChI is InChI=1S/C44H60N14O6S2/c1-29(45-5)39(59)47-37(41(61)55-23-15-17-33(55)27-57-43(49-51-53-57)65-35-19-9-7-10-20-35)31(3)63-25-13-14-26-64-32(4)38(48-40(60)30(2)46-6)42(62)56-24-16-18-34(56)28-58-44(50-52-54-58)66-36-21-11-8-12-22-36/h7-12,19-22,29-34,37-38,45-46H,15-18,23-28H2,1-6H3,(H,47,59)(H,48,60)/t29-,30-,31?,32?,33?,34?,37?,38?/m0/s1. The molecule has 22 heteroatoms. The molecule has 20 nitrogen and oxygen atoms in total. The summed E-state index contributed by atoms with van der Waals surface area (Å²) in [5.74, 6) is 4.65. The quantitative estimate of drug-likeness (QED) is 0.0822. The van der Waals surface area contributed by atoms with Crippen molar-refractivity contribution in [3.05, 3.63) is 60.7 Å². The van der Waals surface area contributed by atoms with Crippen molar-refractivity contribution in [1.82, 2.24) is 71.5 Å². The van der Waals surface area contributed by atoms with Crippen LogP contribution >= 0.6 is 23.5 Å². The Bertz CT molecular complexity index is 2100. The monoisotopic (exact) mass is 944 g/mol. The van der Waals surface area contributed by atoms with Crippen molar-refractivity contribution < 1.29 is 28.7 Å². The first-order valence-electron chi connectivity index (χ1n) is 22.2. The van der Waals surface area contributed by atoms with Gasteiger partial charge in [-0.15, -0.1) is 10.2 Å². The number of amides is 4. The summed E-state index contributed by atoms with van der Waals surface area (Å²) in [5.41, 5.74) is 0. The zero-order chi connectivity index (χ0) is 47.0. The number of tetrazole rings is 2. The molecule has 4 heterocycles. The maximum atomic E-state index is 14.3. The van der Waals surface area contributed by atoms with E-state index in [1.807, 2.05) is 60.7 Å². The molecule has 2 aromatic heterocycles. The van der Waals surface area contributed by atoms with Gasteiger partial charge in [-0.3, -0.25) is 19.2 Å². The van der Waals surface area contributed by atoms with Crippen LogP contribution in [0.15, 0.2) is 80.8 Å². The van der Waals surface area contributed by atoms with E-state index < -0.39 is 36.4 Å². The smallest absolute Gasteiger partial charge is 0.248 e. The summed E-state index contributed by atoms with van der Waals surface area (Å²) in [5, 5.41) is 37.5. The van der Waals surface area contributed by atoms with Crippen molar-refractivity contribution in [2.45, 2.75) is 135 Å².